The smallest absolute Gasteiger partial charge is 0.247 e. The first-order valence-corrected chi connectivity index (χ1v) is 14.2. The summed E-state index contributed by atoms with van der Waals surface area (Å²) in [6.07, 6.45) is 1.64. The van der Waals surface area contributed by atoms with Gasteiger partial charge in [0, 0.05) is 25.3 Å². The average molecular weight is 603 g/mol. The second kappa shape index (κ2) is 13.1. The van der Waals surface area contributed by atoms with E-state index < -0.39 is 23.7 Å². The zero-order chi connectivity index (χ0) is 30.5. The predicted octanol–water partition coefficient (Wildman–Crippen LogP) is 3.28. The van der Waals surface area contributed by atoms with Crippen LogP contribution in [-0.2, 0) is 27.4 Å². The fourth-order valence-electron chi connectivity index (χ4n) is 5.17. The highest BCUT2D eigenvalue weighted by molar-refractivity contribution is 5.88. The molecule has 0 saturated carbocycles. The van der Waals surface area contributed by atoms with Crippen LogP contribution in [0.15, 0.2) is 66.7 Å². The van der Waals surface area contributed by atoms with Crippen LogP contribution in [0.5, 0.6) is 17.2 Å². The summed E-state index contributed by atoms with van der Waals surface area (Å²) in [7, 11) is 1.58. The molecule has 6 rings (SSSR count). The Morgan fingerprint density at radius 2 is 1.89 bits per heavy atom. The molecule has 44 heavy (non-hydrogen) atoms. The molecule has 2 atom stereocenters. The number of halogens is 1. The first-order valence-electron chi connectivity index (χ1n) is 14.2. The minimum Gasteiger partial charge on any atom is -0.497 e. The monoisotopic (exact) mass is 602 g/mol. The van der Waals surface area contributed by atoms with Gasteiger partial charge in [-0.1, -0.05) is 18.2 Å². The quantitative estimate of drug-likeness (QED) is 0.275. The van der Waals surface area contributed by atoms with E-state index in [1.807, 2.05) is 0 Å². The summed E-state index contributed by atoms with van der Waals surface area (Å²) in [5, 5.41) is 15.5. The number of carbonyl (C=O) groups is 2. The third kappa shape index (κ3) is 6.62. The Hall–Kier alpha value is -5.04. The maximum Gasteiger partial charge on any atom is 0.247 e. The van der Waals surface area contributed by atoms with E-state index >= 15 is 0 Å². The van der Waals surface area contributed by atoms with Crippen LogP contribution < -0.4 is 19.5 Å². The molecule has 0 bridgehead atoms. The molecule has 1 aromatic heterocycles. The number of aromatic nitrogens is 4. The van der Waals surface area contributed by atoms with Gasteiger partial charge in [0.2, 0.25) is 24.4 Å². The SMILES string of the molecule is COc1ccc(-c2nnn(CC(=O)N(Cc3ccc4c(c3)OCO4)[C@H](C(=O)NC[C@@H]3CCCO3)c3ccc(F)cc3)n2)cc1. The highest BCUT2D eigenvalue weighted by atomic mass is 19.1. The molecule has 3 aromatic carbocycles. The summed E-state index contributed by atoms with van der Waals surface area (Å²) < 4.78 is 35.8. The third-order valence-corrected chi connectivity index (χ3v) is 7.46. The second-order valence-corrected chi connectivity index (χ2v) is 10.4. The normalized spacial score (nSPS) is 16.0. The molecule has 228 valence electrons. The largest absolute Gasteiger partial charge is 0.497 e. The van der Waals surface area contributed by atoms with E-state index in [1.165, 1.54) is 34.0 Å². The Balaban J connectivity index is 1.30. The third-order valence-electron chi connectivity index (χ3n) is 7.46. The van der Waals surface area contributed by atoms with Gasteiger partial charge in [0.25, 0.3) is 0 Å². The number of hydrogen-bond acceptors (Lipinski definition) is 9. The van der Waals surface area contributed by atoms with Crippen LogP contribution in [0.1, 0.15) is 30.0 Å². The van der Waals surface area contributed by atoms with Gasteiger partial charge in [0.05, 0.1) is 13.2 Å². The second-order valence-electron chi connectivity index (χ2n) is 10.4. The highest BCUT2D eigenvalue weighted by Crippen LogP contribution is 2.34. The number of ether oxygens (including phenoxy) is 4. The van der Waals surface area contributed by atoms with E-state index in [0.717, 1.165) is 12.8 Å². The minimum atomic E-state index is -1.10. The number of amides is 2. The van der Waals surface area contributed by atoms with Crippen molar-refractivity contribution in [2.24, 2.45) is 0 Å². The Labute approximate surface area is 252 Å². The molecule has 0 unspecified atom stereocenters. The van der Waals surface area contributed by atoms with Crippen LogP contribution in [0.25, 0.3) is 11.4 Å². The Bertz CT molecular complexity index is 1610. The van der Waals surface area contributed by atoms with E-state index in [2.05, 4.69) is 20.7 Å². The molecule has 2 aliphatic rings. The highest BCUT2D eigenvalue weighted by Gasteiger charge is 2.33. The van der Waals surface area contributed by atoms with Crippen LogP contribution in [0.3, 0.4) is 0 Å². The molecule has 12 nitrogen and oxygen atoms in total. The molecule has 0 aliphatic carbocycles. The van der Waals surface area contributed by atoms with Crippen molar-refractivity contribution in [3.63, 3.8) is 0 Å². The molecule has 4 aromatic rings. The lowest BCUT2D eigenvalue weighted by Gasteiger charge is -2.32. The number of nitrogens with zero attached hydrogens (tertiary/aromatic N) is 5. The van der Waals surface area contributed by atoms with Gasteiger partial charge < -0.3 is 29.2 Å². The lowest BCUT2D eigenvalue weighted by molar-refractivity contribution is -0.142. The van der Waals surface area contributed by atoms with Crippen molar-refractivity contribution in [2.75, 3.05) is 27.1 Å². The number of fused-ring (bicyclic) bond motifs is 1. The lowest BCUT2D eigenvalue weighted by Crippen LogP contribution is -2.46. The van der Waals surface area contributed by atoms with Gasteiger partial charge in [-0.25, -0.2) is 4.39 Å². The molecular formula is C31H31FN6O6. The van der Waals surface area contributed by atoms with Crippen LogP contribution >= 0.6 is 0 Å². The maximum atomic E-state index is 14.1. The topological polar surface area (TPSA) is 130 Å². The maximum absolute atomic E-state index is 14.1. The van der Waals surface area contributed by atoms with Gasteiger partial charge in [-0.3, -0.25) is 9.59 Å². The Kier molecular flexibility index (Phi) is 8.64. The van der Waals surface area contributed by atoms with Gasteiger partial charge >= 0.3 is 0 Å². The summed E-state index contributed by atoms with van der Waals surface area (Å²) in [5.74, 6) is 0.799. The van der Waals surface area contributed by atoms with Crippen LogP contribution in [0.4, 0.5) is 4.39 Å². The fourth-order valence-corrected chi connectivity index (χ4v) is 5.17. The molecule has 0 spiro atoms. The van der Waals surface area contributed by atoms with Gasteiger partial charge in [0.1, 0.15) is 24.2 Å². The first kappa shape index (κ1) is 29.1. The van der Waals surface area contributed by atoms with Gasteiger partial charge in [0.15, 0.2) is 11.5 Å². The summed E-state index contributed by atoms with van der Waals surface area (Å²) in [5.41, 5.74) is 1.84. The van der Waals surface area contributed by atoms with E-state index in [0.29, 0.717) is 52.9 Å². The number of methoxy groups -OCH3 is 1. The van der Waals surface area contributed by atoms with E-state index in [-0.39, 0.29) is 26.0 Å². The Morgan fingerprint density at radius 1 is 1.09 bits per heavy atom. The predicted molar refractivity (Wildman–Crippen MR) is 154 cm³/mol. The molecule has 1 N–H and O–H groups in total. The van der Waals surface area contributed by atoms with Crippen molar-refractivity contribution >= 4 is 11.8 Å². The summed E-state index contributed by atoms with van der Waals surface area (Å²) in [4.78, 5) is 30.5. The minimum absolute atomic E-state index is 0.0326. The average Bonchev–Trinajstić information content (AvgIpc) is 3.83. The molecule has 2 amide bonds. The fraction of sp³-hybridized carbons (Fsp3) is 0.323. The van der Waals surface area contributed by atoms with Crippen molar-refractivity contribution < 1.29 is 32.9 Å². The number of carbonyl (C=O) groups excluding carboxylic acids is 2. The molecule has 0 radical (unpaired) electrons. The van der Waals surface area contributed by atoms with Crippen molar-refractivity contribution in [3.8, 4) is 28.6 Å². The molecule has 3 heterocycles. The summed E-state index contributed by atoms with van der Waals surface area (Å²) in [6.45, 7) is 0.758. The van der Waals surface area contributed by atoms with Crippen LogP contribution in [0, 0.1) is 5.82 Å². The van der Waals surface area contributed by atoms with E-state index in [4.69, 9.17) is 18.9 Å². The number of tetrazole rings is 1. The molecule has 1 saturated heterocycles. The van der Waals surface area contributed by atoms with E-state index in [9.17, 15) is 14.0 Å². The Morgan fingerprint density at radius 3 is 2.64 bits per heavy atom. The van der Waals surface area contributed by atoms with Crippen molar-refractivity contribution in [2.45, 2.75) is 38.1 Å². The molecule has 1 fully saturated rings. The molecule has 13 heteroatoms. The van der Waals surface area contributed by atoms with Crippen molar-refractivity contribution in [3.05, 3.63) is 83.7 Å². The van der Waals surface area contributed by atoms with Crippen LogP contribution in [-0.4, -0.2) is 70.1 Å². The molecular weight excluding hydrogens is 571 g/mol. The van der Waals surface area contributed by atoms with Crippen LogP contribution in [0.2, 0.25) is 0 Å². The van der Waals surface area contributed by atoms with Gasteiger partial charge in [-0.2, -0.15) is 4.80 Å². The summed E-state index contributed by atoms with van der Waals surface area (Å²) >= 11 is 0. The van der Waals surface area contributed by atoms with Crippen molar-refractivity contribution in [1.29, 1.82) is 0 Å². The zero-order valence-corrected chi connectivity index (χ0v) is 24.0. The number of benzene rings is 3. The summed E-state index contributed by atoms with van der Waals surface area (Å²) in [6, 6.07) is 16.9. The lowest BCUT2D eigenvalue weighted by atomic mass is 10.0. The zero-order valence-electron chi connectivity index (χ0n) is 24.0. The number of rotatable bonds is 11. The van der Waals surface area contributed by atoms with Crippen molar-refractivity contribution in [1.82, 2.24) is 30.4 Å². The number of nitrogens with one attached hydrogen (secondary N) is 1. The molecule has 2 aliphatic heterocycles. The first-order chi connectivity index (χ1) is 21.5. The standard InChI is InChI=1S/C31H31FN6O6/c1-41-24-11-7-22(8-12-24)30-34-36-38(35-30)18-28(39)37(17-20-4-13-26-27(15-20)44-19-43-26)29(21-5-9-23(32)10-6-21)31(40)33-16-25-3-2-14-42-25/h4-13,15,25,29H,2-3,14,16-19H2,1H3,(H,33,40)/t25-,29-/m0/s1. The van der Waals surface area contributed by atoms with Gasteiger partial charge in [-0.15, -0.1) is 10.2 Å². The van der Waals surface area contributed by atoms with Gasteiger partial charge in [-0.05, 0) is 77.7 Å². The van der Waals surface area contributed by atoms with E-state index in [1.54, 1.807) is 49.6 Å². The number of hydrogen-bond donors (Lipinski definition) is 1.